The highest BCUT2D eigenvalue weighted by Crippen LogP contribution is 2.42. The van der Waals surface area contributed by atoms with Crippen LogP contribution in [0, 0.1) is 0 Å². The van der Waals surface area contributed by atoms with E-state index in [1.165, 1.54) is 5.56 Å². The van der Waals surface area contributed by atoms with Crippen LogP contribution < -0.4 is 10.2 Å². The Hall–Kier alpha value is -2.73. The molecule has 2 heterocycles. The molecule has 1 unspecified atom stereocenters. The van der Waals surface area contributed by atoms with E-state index in [-0.39, 0.29) is 0 Å². The molecule has 1 saturated carbocycles. The predicted octanol–water partition coefficient (Wildman–Crippen LogP) is 5.14. The number of aliphatic imine (C=N–C) groups is 2. The number of para-hydroxylation sites is 1. The van der Waals surface area contributed by atoms with Gasteiger partial charge in [-0.3, -0.25) is 4.99 Å². The summed E-state index contributed by atoms with van der Waals surface area (Å²) in [7, 11) is 0. The lowest BCUT2D eigenvalue weighted by Crippen LogP contribution is -2.58. The van der Waals surface area contributed by atoms with Gasteiger partial charge in [-0.1, -0.05) is 35.9 Å². The van der Waals surface area contributed by atoms with Gasteiger partial charge in [0.1, 0.15) is 17.7 Å². The zero-order valence-electron chi connectivity index (χ0n) is 15.2. The minimum Gasteiger partial charge on any atom is -0.457 e. The summed E-state index contributed by atoms with van der Waals surface area (Å²) in [5.41, 5.74) is 5.88. The SMILES string of the molecule is Clc1cc(Oc2ccccc2)ccc1C1CC(N[N+]23C=CN=CC2=CN=C3)C1. The van der Waals surface area contributed by atoms with E-state index in [0.29, 0.717) is 16.6 Å². The number of nitrogens with one attached hydrogen (secondary N) is 1. The molecule has 1 fully saturated rings. The zero-order valence-corrected chi connectivity index (χ0v) is 16.0. The molecule has 2 aromatic rings. The molecule has 2 aromatic carbocycles. The summed E-state index contributed by atoms with van der Waals surface area (Å²) < 4.78 is 6.32. The molecular weight excluding hydrogens is 372 g/mol. The van der Waals surface area contributed by atoms with Crippen LogP contribution in [0.4, 0.5) is 0 Å². The molecular formula is C22H20ClN4O+. The van der Waals surface area contributed by atoms with Crippen molar-refractivity contribution < 1.29 is 9.33 Å². The number of benzene rings is 2. The van der Waals surface area contributed by atoms with E-state index in [4.69, 9.17) is 16.3 Å². The van der Waals surface area contributed by atoms with Crippen LogP contribution in [0.25, 0.3) is 0 Å². The van der Waals surface area contributed by atoms with Gasteiger partial charge in [-0.15, -0.1) is 10.0 Å². The Bertz CT molecular complexity index is 1010. The number of fused-ring (bicyclic) bond motifs is 1. The lowest BCUT2D eigenvalue weighted by atomic mass is 9.76. The summed E-state index contributed by atoms with van der Waals surface area (Å²) in [6, 6.07) is 16.1. The van der Waals surface area contributed by atoms with Crippen molar-refractivity contribution in [2.45, 2.75) is 24.8 Å². The van der Waals surface area contributed by atoms with Crippen molar-refractivity contribution in [1.29, 1.82) is 0 Å². The van der Waals surface area contributed by atoms with Crippen LogP contribution in [-0.4, -0.2) is 23.2 Å². The fraction of sp³-hybridized carbons (Fsp3) is 0.182. The van der Waals surface area contributed by atoms with E-state index in [9.17, 15) is 0 Å². The van der Waals surface area contributed by atoms with Crippen LogP contribution in [-0.2, 0) is 0 Å². The first-order chi connectivity index (χ1) is 13.7. The quantitative estimate of drug-likeness (QED) is 0.717. The zero-order chi connectivity index (χ0) is 19.0. The van der Waals surface area contributed by atoms with Crippen molar-refractivity contribution >= 4 is 24.2 Å². The molecule has 0 aromatic heterocycles. The minimum absolute atomic E-state index is 0.394. The Kier molecular flexibility index (Phi) is 4.36. The van der Waals surface area contributed by atoms with Gasteiger partial charge in [0.15, 0.2) is 5.70 Å². The maximum Gasteiger partial charge on any atom is 0.219 e. The number of hydrogen-bond donors (Lipinski definition) is 1. The monoisotopic (exact) mass is 391 g/mol. The highest BCUT2D eigenvalue weighted by atomic mass is 35.5. The van der Waals surface area contributed by atoms with Gasteiger partial charge in [-0.05, 0) is 48.6 Å². The highest BCUT2D eigenvalue weighted by Gasteiger charge is 2.41. The second-order valence-corrected chi connectivity index (χ2v) is 7.67. The molecule has 0 radical (unpaired) electrons. The molecule has 5 nitrogen and oxygen atoms in total. The molecule has 28 heavy (non-hydrogen) atoms. The third-order valence-electron chi connectivity index (χ3n) is 5.40. The second kappa shape index (κ2) is 7.02. The molecule has 2 aliphatic heterocycles. The number of hydrogen-bond acceptors (Lipinski definition) is 4. The summed E-state index contributed by atoms with van der Waals surface area (Å²) >= 11 is 6.57. The Morgan fingerprint density at radius 3 is 2.71 bits per heavy atom. The van der Waals surface area contributed by atoms with Gasteiger partial charge in [0.05, 0.1) is 24.7 Å². The number of quaternary nitrogens is 1. The average molecular weight is 392 g/mol. The maximum atomic E-state index is 6.57. The maximum absolute atomic E-state index is 6.57. The number of allylic oxidation sites excluding steroid dienone is 1. The first-order valence-corrected chi connectivity index (χ1v) is 9.74. The Balaban J connectivity index is 1.23. The van der Waals surface area contributed by atoms with Crippen LogP contribution in [0.1, 0.15) is 24.3 Å². The van der Waals surface area contributed by atoms with Crippen molar-refractivity contribution in [1.82, 2.24) is 5.43 Å². The van der Waals surface area contributed by atoms with E-state index in [1.54, 1.807) is 6.20 Å². The van der Waals surface area contributed by atoms with E-state index in [0.717, 1.165) is 35.1 Å². The van der Waals surface area contributed by atoms with Crippen LogP contribution in [0.15, 0.2) is 82.8 Å². The normalized spacial score (nSPS) is 27.2. The smallest absolute Gasteiger partial charge is 0.219 e. The number of nitrogens with zero attached hydrogens (tertiary/aromatic N) is 3. The highest BCUT2D eigenvalue weighted by molar-refractivity contribution is 6.31. The third-order valence-corrected chi connectivity index (χ3v) is 5.73. The van der Waals surface area contributed by atoms with Crippen molar-refractivity contribution in [3.05, 3.63) is 83.4 Å². The van der Waals surface area contributed by atoms with Crippen molar-refractivity contribution in [3.8, 4) is 11.5 Å². The topological polar surface area (TPSA) is 46.0 Å². The fourth-order valence-electron chi connectivity index (χ4n) is 3.85. The summed E-state index contributed by atoms with van der Waals surface area (Å²) in [6.07, 6.45) is 11.5. The van der Waals surface area contributed by atoms with Gasteiger partial charge in [0.25, 0.3) is 0 Å². The molecule has 1 N–H and O–H groups in total. The summed E-state index contributed by atoms with van der Waals surface area (Å²) in [5.74, 6) is 2.01. The summed E-state index contributed by atoms with van der Waals surface area (Å²) in [6.45, 7) is 0. The van der Waals surface area contributed by atoms with E-state index < -0.39 is 0 Å². The van der Waals surface area contributed by atoms with Gasteiger partial charge in [0, 0.05) is 5.02 Å². The van der Waals surface area contributed by atoms with Crippen molar-refractivity contribution in [2.24, 2.45) is 9.98 Å². The first-order valence-electron chi connectivity index (χ1n) is 9.36. The van der Waals surface area contributed by atoms with Gasteiger partial charge < -0.3 is 4.74 Å². The Morgan fingerprint density at radius 2 is 1.89 bits per heavy atom. The molecule has 1 aliphatic carbocycles. The van der Waals surface area contributed by atoms with E-state index in [2.05, 4.69) is 21.5 Å². The van der Waals surface area contributed by atoms with E-state index in [1.807, 2.05) is 67.4 Å². The van der Waals surface area contributed by atoms with Crippen LogP contribution in [0.3, 0.4) is 0 Å². The van der Waals surface area contributed by atoms with Gasteiger partial charge >= 0.3 is 0 Å². The minimum atomic E-state index is 0.394. The lowest BCUT2D eigenvalue weighted by molar-refractivity contribution is -0.788. The number of rotatable bonds is 5. The molecule has 0 amide bonds. The van der Waals surface area contributed by atoms with Gasteiger partial charge in [-0.25, -0.2) is 4.99 Å². The molecule has 0 saturated heterocycles. The summed E-state index contributed by atoms with van der Waals surface area (Å²) in [4.78, 5) is 8.48. The van der Waals surface area contributed by atoms with Crippen LogP contribution in [0.5, 0.6) is 11.5 Å². The van der Waals surface area contributed by atoms with Crippen molar-refractivity contribution in [3.63, 3.8) is 0 Å². The number of ether oxygens (including phenoxy) is 1. The number of halogens is 1. The van der Waals surface area contributed by atoms with Crippen LogP contribution in [0.2, 0.25) is 5.02 Å². The Morgan fingerprint density at radius 1 is 1.04 bits per heavy atom. The standard InChI is InChI=1S/C22H20ClN4O/c23-22-12-20(28-19-4-2-1-3-5-19)6-7-21(22)16-10-17(11-16)26-27-9-8-24-13-18(27)14-25-15-27/h1-9,12-17,26H,10-11H2/q+1. The molecule has 140 valence electrons. The average Bonchev–Trinajstić information content (AvgIpc) is 3.10. The fourth-order valence-corrected chi connectivity index (χ4v) is 4.18. The Labute approximate surface area is 168 Å². The molecule has 0 bridgehead atoms. The predicted molar refractivity (Wildman–Crippen MR) is 111 cm³/mol. The summed E-state index contributed by atoms with van der Waals surface area (Å²) in [5, 5.41) is 0.761. The lowest BCUT2D eigenvalue weighted by Gasteiger charge is -2.40. The molecule has 0 spiro atoms. The third kappa shape index (κ3) is 3.18. The molecule has 1 atom stereocenters. The van der Waals surface area contributed by atoms with Gasteiger partial charge in [0.2, 0.25) is 6.34 Å². The largest absolute Gasteiger partial charge is 0.457 e. The van der Waals surface area contributed by atoms with E-state index >= 15 is 0 Å². The second-order valence-electron chi connectivity index (χ2n) is 7.26. The molecule has 5 rings (SSSR count). The first kappa shape index (κ1) is 17.4. The molecule has 6 heteroatoms. The van der Waals surface area contributed by atoms with Crippen LogP contribution >= 0.6 is 11.6 Å². The molecule has 3 aliphatic rings. The van der Waals surface area contributed by atoms with Gasteiger partial charge in [-0.2, -0.15) is 0 Å². The van der Waals surface area contributed by atoms with Crippen molar-refractivity contribution in [2.75, 3.05) is 0 Å².